The van der Waals surface area contributed by atoms with Gasteiger partial charge in [-0.05, 0) is 44.9 Å². The number of ether oxygens (including phenoxy) is 2. The van der Waals surface area contributed by atoms with Crippen LogP contribution < -0.4 is 15.4 Å². The molecule has 6 nitrogen and oxygen atoms in total. The molecule has 0 amide bonds. The van der Waals surface area contributed by atoms with Gasteiger partial charge in [0.05, 0.1) is 6.61 Å². The summed E-state index contributed by atoms with van der Waals surface area (Å²) in [4.78, 5) is 6.87. The van der Waals surface area contributed by atoms with E-state index >= 15 is 0 Å². The van der Waals surface area contributed by atoms with Gasteiger partial charge in [-0.25, -0.2) is 0 Å². The van der Waals surface area contributed by atoms with E-state index in [0.717, 1.165) is 42.9 Å². The van der Waals surface area contributed by atoms with Gasteiger partial charge in [-0.1, -0.05) is 19.1 Å². The second-order valence-corrected chi connectivity index (χ2v) is 6.87. The first kappa shape index (κ1) is 25.0. The Morgan fingerprint density at radius 2 is 2.00 bits per heavy atom. The number of likely N-dealkylation sites (N-methyl/N-ethyl adjacent to an activating group) is 1. The van der Waals surface area contributed by atoms with Crippen molar-refractivity contribution in [2.24, 2.45) is 4.99 Å². The van der Waals surface area contributed by atoms with E-state index in [0.29, 0.717) is 26.4 Å². The van der Waals surface area contributed by atoms with Crippen LogP contribution in [0.3, 0.4) is 0 Å². The van der Waals surface area contributed by atoms with Crippen molar-refractivity contribution in [1.29, 1.82) is 0 Å². The topological polar surface area (TPSA) is 58.1 Å². The molecule has 0 aromatic heterocycles. The number of benzene rings is 1. The molecule has 1 aliphatic carbocycles. The van der Waals surface area contributed by atoms with Crippen molar-refractivity contribution < 1.29 is 9.47 Å². The van der Waals surface area contributed by atoms with Gasteiger partial charge in [-0.2, -0.15) is 0 Å². The molecule has 1 saturated carbocycles. The maximum absolute atomic E-state index is 5.91. The molecule has 1 aromatic rings. The predicted molar refractivity (Wildman–Crippen MR) is 127 cm³/mol. The van der Waals surface area contributed by atoms with Crippen LogP contribution in [0.1, 0.15) is 37.8 Å². The van der Waals surface area contributed by atoms with Crippen molar-refractivity contribution in [3.8, 4) is 5.75 Å². The van der Waals surface area contributed by atoms with Crippen LogP contribution in [0.5, 0.6) is 5.75 Å². The lowest BCUT2D eigenvalue weighted by Crippen LogP contribution is -2.41. The van der Waals surface area contributed by atoms with Gasteiger partial charge in [0.2, 0.25) is 0 Å². The van der Waals surface area contributed by atoms with Crippen LogP contribution in [0.2, 0.25) is 0 Å². The predicted octanol–water partition coefficient (Wildman–Crippen LogP) is 3.18. The molecule has 0 saturated heterocycles. The van der Waals surface area contributed by atoms with E-state index < -0.39 is 0 Å². The molecule has 1 aromatic carbocycles. The number of nitrogens with zero attached hydrogens (tertiary/aromatic N) is 2. The Balaban J connectivity index is 0.00000392. The molecule has 0 atom stereocenters. The highest BCUT2D eigenvalue weighted by atomic mass is 127. The maximum atomic E-state index is 5.91. The van der Waals surface area contributed by atoms with E-state index in [4.69, 9.17) is 9.47 Å². The monoisotopic (exact) mass is 504 g/mol. The molecule has 2 N–H and O–H groups in total. The summed E-state index contributed by atoms with van der Waals surface area (Å²) >= 11 is 0. The molecule has 0 bridgehead atoms. The van der Waals surface area contributed by atoms with E-state index in [2.05, 4.69) is 52.6 Å². The summed E-state index contributed by atoms with van der Waals surface area (Å²) in [5.41, 5.74) is 2.31. The van der Waals surface area contributed by atoms with E-state index in [1.54, 1.807) is 0 Å². The van der Waals surface area contributed by atoms with Gasteiger partial charge >= 0.3 is 0 Å². The van der Waals surface area contributed by atoms with Gasteiger partial charge < -0.3 is 20.1 Å². The van der Waals surface area contributed by atoms with E-state index in [-0.39, 0.29) is 24.0 Å². The van der Waals surface area contributed by atoms with Crippen LogP contribution in [0.4, 0.5) is 0 Å². The SMILES string of the molecule is CCOCCOc1cc(C)ccc1CNC(=NC)NCCN(CC)C1CC1.I. The highest BCUT2D eigenvalue weighted by Gasteiger charge is 2.27. The fourth-order valence-electron chi connectivity index (χ4n) is 3.05. The molecule has 0 radical (unpaired) electrons. The number of aryl methyl sites for hydroxylation is 1. The second-order valence-electron chi connectivity index (χ2n) is 6.87. The van der Waals surface area contributed by atoms with Gasteiger partial charge in [-0.15, -0.1) is 24.0 Å². The zero-order valence-corrected chi connectivity index (χ0v) is 20.1. The molecular formula is C21H37IN4O2. The summed E-state index contributed by atoms with van der Waals surface area (Å²) in [6.07, 6.45) is 2.70. The van der Waals surface area contributed by atoms with Gasteiger partial charge in [-0.3, -0.25) is 9.89 Å². The zero-order chi connectivity index (χ0) is 19.5. The van der Waals surface area contributed by atoms with Crippen LogP contribution in [-0.4, -0.2) is 63.4 Å². The number of hydrogen-bond acceptors (Lipinski definition) is 4. The van der Waals surface area contributed by atoms with Gasteiger partial charge in [0.25, 0.3) is 0 Å². The minimum atomic E-state index is 0. The average Bonchev–Trinajstić information content (AvgIpc) is 3.51. The Morgan fingerprint density at radius 1 is 1.21 bits per heavy atom. The lowest BCUT2D eigenvalue weighted by molar-refractivity contribution is 0.110. The molecule has 28 heavy (non-hydrogen) atoms. The molecule has 0 heterocycles. The summed E-state index contributed by atoms with van der Waals surface area (Å²) in [7, 11) is 1.81. The first-order valence-corrected chi connectivity index (χ1v) is 10.2. The number of hydrogen-bond donors (Lipinski definition) is 2. The molecular weight excluding hydrogens is 467 g/mol. The molecule has 0 unspecified atom stereocenters. The number of rotatable bonds is 12. The minimum absolute atomic E-state index is 0. The van der Waals surface area contributed by atoms with E-state index in [1.165, 1.54) is 18.4 Å². The number of halogens is 1. The smallest absolute Gasteiger partial charge is 0.191 e. The largest absolute Gasteiger partial charge is 0.491 e. The van der Waals surface area contributed by atoms with Gasteiger partial charge in [0, 0.05) is 44.9 Å². The molecule has 160 valence electrons. The third kappa shape index (κ3) is 8.96. The number of guanidine groups is 1. The standard InChI is InChI=1S/C21H36N4O2.HI/c1-5-25(19-9-10-19)12-11-23-21(22-4)24-16-18-8-7-17(3)15-20(18)27-14-13-26-6-2;/h7-8,15,19H,5-6,9-14,16H2,1-4H3,(H2,22,23,24);1H. The zero-order valence-electron chi connectivity index (χ0n) is 17.8. The lowest BCUT2D eigenvalue weighted by atomic mass is 10.1. The maximum Gasteiger partial charge on any atom is 0.191 e. The molecule has 7 heteroatoms. The minimum Gasteiger partial charge on any atom is -0.491 e. The fraction of sp³-hybridized carbons (Fsp3) is 0.667. The quantitative estimate of drug-likeness (QED) is 0.198. The fourth-order valence-corrected chi connectivity index (χ4v) is 3.05. The third-order valence-corrected chi connectivity index (χ3v) is 4.74. The summed E-state index contributed by atoms with van der Waals surface area (Å²) in [6.45, 7) is 11.9. The van der Waals surface area contributed by atoms with Crippen molar-refractivity contribution in [2.45, 2.75) is 46.2 Å². The van der Waals surface area contributed by atoms with Gasteiger partial charge in [0.15, 0.2) is 5.96 Å². The van der Waals surface area contributed by atoms with Crippen LogP contribution in [0.25, 0.3) is 0 Å². The summed E-state index contributed by atoms with van der Waals surface area (Å²) in [6, 6.07) is 7.10. The molecule has 0 spiro atoms. The normalized spacial score (nSPS) is 14.0. The Bertz CT molecular complexity index is 594. The van der Waals surface area contributed by atoms with Crippen molar-refractivity contribution >= 4 is 29.9 Å². The molecule has 1 fully saturated rings. The summed E-state index contributed by atoms with van der Waals surface area (Å²) < 4.78 is 11.3. The van der Waals surface area contributed by atoms with E-state index in [9.17, 15) is 0 Å². The van der Waals surface area contributed by atoms with Crippen LogP contribution >= 0.6 is 24.0 Å². The number of nitrogens with one attached hydrogen (secondary N) is 2. The van der Waals surface area contributed by atoms with Crippen molar-refractivity contribution in [3.05, 3.63) is 29.3 Å². The first-order chi connectivity index (χ1) is 13.2. The lowest BCUT2D eigenvalue weighted by Gasteiger charge is -2.21. The molecule has 2 rings (SSSR count). The highest BCUT2D eigenvalue weighted by Crippen LogP contribution is 2.25. The summed E-state index contributed by atoms with van der Waals surface area (Å²) in [5, 5.41) is 6.81. The second kappa shape index (κ2) is 14.0. The molecule has 0 aliphatic heterocycles. The van der Waals surface area contributed by atoms with Crippen LogP contribution in [-0.2, 0) is 11.3 Å². The Kier molecular flexibility index (Phi) is 12.5. The van der Waals surface area contributed by atoms with Crippen molar-refractivity contribution in [3.63, 3.8) is 0 Å². The Labute approximate surface area is 187 Å². The first-order valence-electron chi connectivity index (χ1n) is 10.2. The highest BCUT2D eigenvalue weighted by molar-refractivity contribution is 14.0. The van der Waals surface area contributed by atoms with Crippen LogP contribution in [0, 0.1) is 6.92 Å². The molecule has 1 aliphatic rings. The average molecular weight is 504 g/mol. The van der Waals surface area contributed by atoms with Crippen LogP contribution in [0.15, 0.2) is 23.2 Å². The summed E-state index contributed by atoms with van der Waals surface area (Å²) in [5.74, 6) is 1.73. The number of aliphatic imine (C=N–C) groups is 1. The Hall–Kier alpha value is -1.06. The van der Waals surface area contributed by atoms with Crippen molar-refractivity contribution in [2.75, 3.05) is 46.5 Å². The Morgan fingerprint density at radius 3 is 2.64 bits per heavy atom. The van der Waals surface area contributed by atoms with E-state index in [1.807, 2.05) is 14.0 Å². The van der Waals surface area contributed by atoms with Crippen molar-refractivity contribution in [1.82, 2.24) is 15.5 Å². The van der Waals surface area contributed by atoms with Gasteiger partial charge in [0.1, 0.15) is 12.4 Å². The third-order valence-electron chi connectivity index (χ3n) is 4.74.